The van der Waals surface area contributed by atoms with Crippen molar-refractivity contribution in [3.05, 3.63) is 35.6 Å². The molecule has 4 aliphatic rings. The summed E-state index contributed by atoms with van der Waals surface area (Å²) in [5.41, 5.74) is 1.81. The van der Waals surface area contributed by atoms with Crippen LogP contribution in [0.2, 0.25) is 0 Å². The van der Waals surface area contributed by atoms with Gasteiger partial charge in [-0.1, -0.05) is 45.9 Å². The standard InChI is InChI=1S/C49H83NO14Si/c1-13-37-26-31(5)25-32(6)27-42(57-11)45-43(58-12)29-35(9)49(55,63-45)46(52)47(53)50-24-18-17-19-38(50)48(54)62-44(34(8)28-36-21-22-39(51)41(30-36)56-10)33(7)20-23-40(37)64-65(59-14-2,60-15-3)61-16-4/h23,28,32-33,35-39,41-45,51,55H,5,13-22,24-27,29-30H2,1-4,6-12H3/b34-28+,40-23+/t32-,33+,35+,36?,37?,38-,39+,41+,42-,43-,44-,45+,49+/m0/s1. The van der Waals surface area contributed by atoms with Gasteiger partial charge in [0.15, 0.2) is 0 Å². The van der Waals surface area contributed by atoms with Crippen molar-refractivity contribution < 1.29 is 66.0 Å². The van der Waals surface area contributed by atoms with Crippen LogP contribution in [0.15, 0.2) is 35.6 Å². The Labute approximate surface area is 390 Å². The van der Waals surface area contributed by atoms with Gasteiger partial charge in [-0.2, -0.15) is 0 Å². The molecule has 0 radical (unpaired) electrons. The zero-order valence-corrected chi connectivity index (χ0v) is 42.3. The molecule has 13 atom stereocenters. The molecule has 16 heteroatoms. The second kappa shape index (κ2) is 25.7. The normalized spacial score (nSPS) is 36.5. The Hall–Kier alpha value is -2.51. The van der Waals surface area contributed by atoms with E-state index < -0.39 is 75.0 Å². The number of cyclic esters (lactones) is 1. The van der Waals surface area contributed by atoms with E-state index in [0.29, 0.717) is 83.4 Å². The van der Waals surface area contributed by atoms with E-state index in [0.717, 1.165) is 17.6 Å². The van der Waals surface area contributed by atoms with E-state index in [4.69, 9.17) is 41.4 Å². The molecule has 3 aliphatic heterocycles. The number of piperidine rings is 1. The number of hydrogen-bond acceptors (Lipinski definition) is 14. The zero-order valence-electron chi connectivity index (χ0n) is 41.3. The van der Waals surface area contributed by atoms with E-state index in [-0.39, 0.29) is 49.2 Å². The number of rotatable bonds is 14. The second-order valence-corrected chi connectivity index (χ2v) is 20.9. The van der Waals surface area contributed by atoms with Gasteiger partial charge in [0, 0.05) is 65.4 Å². The fraction of sp³-hybridized carbons (Fsp3) is 0.816. The third-order valence-corrected chi connectivity index (χ3v) is 16.3. The van der Waals surface area contributed by atoms with E-state index in [1.807, 2.05) is 40.7 Å². The summed E-state index contributed by atoms with van der Waals surface area (Å²) in [4.78, 5) is 44.7. The van der Waals surface area contributed by atoms with Crippen LogP contribution in [0.25, 0.3) is 0 Å². The van der Waals surface area contributed by atoms with Crippen LogP contribution in [0.4, 0.5) is 0 Å². The SMILES string of the molecule is C=C1CC(CC)/C(O[Si](OCC)(OCC)OCC)=C\C[C@@H](C)[C@@H](/C(C)=C/C2CC[C@@H](O)[C@H](OC)C2)OC(=O)[C@@H]2CCCCN2C(=O)C(=O)[C@]2(O)O[C@H]([C@@H](OC)C[C@@H](C)C1)[C@@H](OC)C[C@H]2C. The van der Waals surface area contributed by atoms with Gasteiger partial charge in [0.25, 0.3) is 11.7 Å². The van der Waals surface area contributed by atoms with Crippen molar-refractivity contribution in [2.24, 2.45) is 29.6 Å². The average Bonchev–Trinajstić information content (AvgIpc) is 3.28. The number of methoxy groups -OCH3 is 3. The molecule has 2 unspecified atom stereocenters. The van der Waals surface area contributed by atoms with Crippen LogP contribution in [0, 0.1) is 29.6 Å². The Morgan fingerprint density at radius 1 is 0.892 bits per heavy atom. The molecule has 65 heavy (non-hydrogen) atoms. The molecule has 2 bridgehead atoms. The molecule has 1 saturated carbocycles. The van der Waals surface area contributed by atoms with Crippen LogP contribution < -0.4 is 0 Å². The molecule has 4 rings (SSSR count). The first-order chi connectivity index (χ1) is 30.9. The molecule has 0 aromatic carbocycles. The fourth-order valence-corrected chi connectivity index (χ4v) is 12.3. The van der Waals surface area contributed by atoms with Crippen LogP contribution in [0.1, 0.15) is 132 Å². The summed E-state index contributed by atoms with van der Waals surface area (Å²) < 4.78 is 55.9. The maximum Gasteiger partial charge on any atom is 0.749 e. The Morgan fingerprint density at radius 3 is 2.12 bits per heavy atom. The van der Waals surface area contributed by atoms with Gasteiger partial charge in [0.05, 0.1) is 30.2 Å². The van der Waals surface area contributed by atoms with E-state index >= 15 is 0 Å². The van der Waals surface area contributed by atoms with Crippen LogP contribution in [0.5, 0.6) is 0 Å². The Bertz CT molecular complexity index is 1610. The smallest absolute Gasteiger partial charge is 0.484 e. The van der Waals surface area contributed by atoms with Crippen molar-refractivity contribution >= 4 is 26.7 Å². The van der Waals surface area contributed by atoms with Crippen molar-refractivity contribution in [1.29, 1.82) is 0 Å². The first-order valence-corrected chi connectivity index (χ1v) is 26.0. The minimum Gasteiger partial charge on any atom is -0.484 e. The fourth-order valence-electron chi connectivity index (χ4n) is 10.3. The summed E-state index contributed by atoms with van der Waals surface area (Å²) in [5, 5.41) is 22.8. The lowest BCUT2D eigenvalue weighted by Gasteiger charge is -2.47. The van der Waals surface area contributed by atoms with E-state index in [1.165, 1.54) is 4.90 Å². The molecule has 0 spiro atoms. The molecule has 2 saturated heterocycles. The number of carbonyl (C=O) groups is 3. The zero-order chi connectivity index (χ0) is 48.1. The molecule has 15 nitrogen and oxygen atoms in total. The lowest BCUT2D eigenvalue weighted by Crippen LogP contribution is -2.64. The predicted octanol–water partition coefficient (Wildman–Crippen LogP) is 6.99. The average molecular weight is 938 g/mol. The van der Waals surface area contributed by atoms with Gasteiger partial charge < -0.3 is 56.5 Å². The van der Waals surface area contributed by atoms with Gasteiger partial charge in [0.2, 0.25) is 5.79 Å². The predicted molar refractivity (Wildman–Crippen MR) is 247 cm³/mol. The number of Topliss-reactive ketones (excluding diaryl/α,β-unsaturated/α-hetero) is 1. The van der Waals surface area contributed by atoms with Crippen LogP contribution >= 0.6 is 0 Å². The minimum atomic E-state index is -3.68. The molecule has 3 heterocycles. The van der Waals surface area contributed by atoms with Gasteiger partial charge in [-0.15, -0.1) is 0 Å². The molecular weight excluding hydrogens is 855 g/mol. The first-order valence-electron chi connectivity index (χ1n) is 24.3. The molecule has 2 N–H and O–H groups in total. The molecule has 0 aromatic heterocycles. The summed E-state index contributed by atoms with van der Waals surface area (Å²) in [6.07, 6.45) is 6.95. The number of aliphatic hydroxyl groups excluding tert-OH is 1. The maximum absolute atomic E-state index is 14.6. The summed E-state index contributed by atoms with van der Waals surface area (Å²) in [6, 6.07) is -1.07. The van der Waals surface area contributed by atoms with Crippen LogP contribution in [-0.2, 0) is 55.8 Å². The number of carbonyl (C=O) groups excluding carboxylic acids is 3. The van der Waals surface area contributed by atoms with Gasteiger partial charge in [-0.05, 0) is 128 Å². The van der Waals surface area contributed by atoms with E-state index in [1.54, 1.807) is 28.3 Å². The van der Waals surface area contributed by atoms with Crippen molar-refractivity contribution in [2.45, 2.75) is 181 Å². The minimum absolute atomic E-state index is 0.0291. The molecule has 0 aromatic rings. The van der Waals surface area contributed by atoms with Crippen molar-refractivity contribution in [2.75, 3.05) is 47.7 Å². The number of ketones is 1. The quantitative estimate of drug-likeness (QED) is 0.0789. The molecule has 1 aliphatic carbocycles. The molecule has 1 amide bonds. The number of ether oxygens (including phenoxy) is 5. The van der Waals surface area contributed by atoms with E-state index in [2.05, 4.69) is 26.5 Å². The number of esters is 1. The highest BCUT2D eigenvalue weighted by molar-refractivity contribution is 6.53. The maximum atomic E-state index is 14.6. The number of amides is 1. The lowest BCUT2D eigenvalue weighted by atomic mass is 9.81. The van der Waals surface area contributed by atoms with Crippen molar-refractivity contribution in [3.8, 4) is 0 Å². The van der Waals surface area contributed by atoms with Gasteiger partial charge in [-0.25, -0.2) is 4.79 Å². The molecule has 372 valence electrons. The highest BCUT2D eigenvalue weighted by atomic mass is 28.4. The highest BCUT2D eigenvalue weighted by Gasteiger charge is 2.57. The number of aliphatic hydroxyl groups is 2. The Kier molecular flexibility index (Phi) is 21.8. The van der Waals surface area contributed by atoms with E-state index in [9.17, 15) is 24.6 Å². The topological polar surface area (TPSA) is 178 Å². The number of fused-ring (bicyclic) bond motifs is 3. The molecule has 3 fully saturated rings. The van der Waals surface area contributed by atoms with Gasteiger partial charge in [0.1, 0.15) is 18.2 Å². The summed E-state index contributed by atoms with van der Waals surface area (Å²) >= 11 is 0. The molecular formula is C49H83NO14Si. The third-order valence-electron chi connectivity index (χ3n) is 13.9. The van der Waals surface area contributed by atoms with Crippen LogP contribution in [0.3, 0.4) is 0 Å². The van der Waals surface area contributed by atoms with Gasteiger partial charge >= 0.3 is 15.0 Å². The van der Waals surface area contributed by atoms with Crippen LogP contribution in [-0.4, -0.2) is 138 Å². The highest BCUT2D eigenvalue weighted by Crippen LogP contribution is 2.40. The number of nitrogens with zero attached hydrogens (tertiary/aromatic N) is 1. The first kappa shape index (κ1) is 55.1. The lowest BCUT2D eigenvalue weighted by molar-refractivity contribution is -0.302. The number of hydrogen-bond donors (Lipinski definition) is 2. The second-order valence-electron chi connectivity index (χ2n) is 18.8. The Balaban J connectivity index is 1.86. The monoisotopic (exact) mass is 938 g/mol. The summed E-state index contributed by atoms with van der Waals surface area (Å²) in [7, 11) is 1.04. The summed E-state index contributed by atoms with van der Waals surface area (Å²) in [6.45, 7) is 21.1. The van der Waals surface area contributed by atoms with Gasteiger partial charge in [-0.3, -0.25) is 9.59 Å². The third kappa shape index (κ3) is 14.0. The van der Waals surface area contributed by atoms with Crippen molar-refractivity contribution in [3.63, 3.8) is 0 Å². The summed E-state index contributed by atoms with van der Waals surface area (Å²) in [5.74, 6) is -5.76. The number of allylic oxidation sites excluding steroid dienone is 4. The largest absolute Gasteiger partial charge is 0.749 e. The van der Waals surface area contributed by atoms with Crippen molar-refractivity contribution in [1.82, 2.24) is 4.90 Å². The Morgan fingerprint density at radius 2 is 1.52 bits per heavy atom.